The van der Waals surface area contributed by atoms with Crippen molar-refractivity contribution in [1.29, 1.82) is 0 Å². The van der Waals surface area contributed by atoms with E-state index in [9.17, 15) is 38.7 Å². The Bertz CT molecular complexity index is 2090. The number of aromatic nitrogens is 1. The van der Waals surface area contributed by atoms with Gasteiger partial charge in [0.25, 0.3) is 0 Å². The maximum absolute atomic E-state index is 14.5. The molecule has 336 valence electrons. The van der Waals surface area contributed by atoms with E-state index in [1.807, 2.05) is 0 Å². The molecule has 6 rings (SSSR count). The third kappa shape index (κ3) is 7.74. The molecule has 4 bridgehead atoms. The first-order chi connectivity index (χ1) is 29.1. The number of cyclic esters (lactones) is 1. The van der Waals surface area contributed by atoms with Gasteiger partial charge in [-0.15, -0.1) is 0 Å². The molecule has 1 N–H and O–H groups in total. The third-order valence-electron chi connectivity index (χ3n) is 12.4. The highest BCUT2D eigenvalue weighted by Crippen LogP contribution is 2.70. The average molecular weight is 870 g/mol. The number of rotatable bonds is 10. The van der Waals surface area contributed by atoms with Gasteiger partial charge in [-0.25, -0.2) is 4.79 Å². The minimum absolute atomic E-state index is 0.0121. The maximum Gasteiger partial charge on any atom is 0.340 e. The predicted octanol–water partition coefficient (Wildman–Crippen LogP) is 2.52. The molecule has 19 nitrogen and oxygen atoms in total. The van der Waals surface area contributed by atoms with E-state index in [1.54, 1.807) is 37.3 Å². The first-order valence-corrected chi connectivity index (χ1v) is 20.0. The van der Waals surface area contributed by atoms with Crippen molar-refractivity contribution in [3.63, 3.8) is 0 Å². The van der Waals surface area contributed by atoms with Crippen LogP contribution in [0.3, 0.4) is 0 Å². The molecule has 13 atom stereocenters. The molecular weight excluding hydrogens is 818 g/mol. The van der Waals surface area contributed by atoms with Gasteiger partial charge in [0.05, 0.1) is 23.1 Å². The summed E-state index contributed by atoms with van der Waals surface area (Å²) in [5.74, 6) is -9.90. The number of benzene rings is 1. The van der Waals surface area contributed by atoms with Crippen LogP contribution in [0.4, 0.5) is 0 Å². The van der Waals surface area contributed by atoms with Crippen LogP contribution in [-0.2, 0) is 71.4 Å². The minimum Gasteiger partial charge on any atom is -0.468 e. The summed E-state index contributed by atoms with van der Waals surface area (Å²) in [5.41, 5.74) is -9.83. The molecule has 0 radical (unpaired) electrons. The van der Waals surface area contributed by atoms with E-state index in [-0.39, 0.29) is 11.3 Å². The van der Waals surface area contributed by atoms with Crippen molar-refractivity contribution in [1.82, 2.24) is 4.98 Å². The van der Waals surface area contributed by atoms with Crippen LogP contribution in [0, 0.1) is 17.3 Å². The lowest BCUT2D eigenvalue weighted by atomic mass is 9.45. The fraction of sp³-hybridized carbons (Fsp3) is 0.581. The fourth-order valence-electron chi connectivity index (χ4n) is 9.81. The second-order valence-electron chi connectivity index (χ2n) is 16.5. The lowest BCUT2D eigenvalue weighted by Gasteiger charge is -2.67. The number of nitrogens with zero attached hydrogens (tertiary/aromatic N) is 1. The van der Waals surface area contributed by atoms with E-state index in [0.717, 1.165) is 41.5 Å². The van der Waals surface area contributed by atoms with Crippen molar-refractivity contribution in [2.24, 2.45) is 17.3 Å². The summed E-state index contributed by atoms with van der Waals surface area (Å²) in [5, 5.41) is 13.6. The molecule has 62 heavy (non-hydrogen) atoms. The Kier molecular flexibility index (Phi) is 12.8. The van der Waals surface area contributed by atoms with Gasteiger partial charge in [0.1, 0.15) is 53.9 Å². The highest BCUT2D eigenvalue weighted by Gasteiger charge is 2.91. The lowest BCUT2D eigenvalue weighted by molar-refractivity contribution is -0.388. The van der Waals surface area contributed by atoms with E-state index >= 15 is 0 Å². The van der Waals surface area contributed by atoms with Gasteiger partial charge in [0, 0.05) is 46.7 Å². The van der Waals surface area contributed by atoms with Crippen LogP contribution in [0.25, 0.3) is 0 Å². The highest BCUT2D eigenvalue weighted by atomic mass is 16.7. The summed E-state index contributed by atoms with van der Waals surface area (Å²) in [7, 11) is 0. The Hall–Kier alpha value is -5.66. The number of para-hydroxylation sites is 1. The molecule has 1 aromatic carbocycles. The van der Waals surface area contributed by atoms with Crippen LogP contribution in [0.15, 0.2) is 48.7 Å². The largest absolute Gasteiger partial charge is 0.468 e. The summed E-state index contributed by atoms with van der Waals surface area (Å²) < 4.78 is 61.9. The first-order valence-electron chi connectivity index (χ1n) is 20.0. The summed E-state index contributed by atoms with van der Waals surface area (Å²) in [6.07, 6.45) is -10.0. The summed E-state index contributed by atoms with van der Waals surface area (Å²) in [6, 6.07) is 11.4. The number of carbonyl (C=O) groups excluding carboxylic acids is 7. The van der Waals surface area contributed by atoms with Crippen molar-refractivity contribution < 1.29 is 86.0 Å². The molecule has 3 heterocycles. The number of carbonyl (C=O) groups is 7. The number of ether oxygens (including phenoxy) is 10. The van der Waals surface area contributed by atoms with E-state index in [0.29, 0.717) is 5.75 Å². The predicted molar refractivity (Wildman–Crippen MR) is 206 cm³/mol. The summed E-state index contributed by atoms with van der Waals surface area (Å²) in [6.45, 7) is 8.58. The highest BCUT2D eigenvalue weighted by molar-refractivity contribution is 5.91. The SMILES string of the molecule is CC(=O)OCC12C(OC(C)=O)C(OCOc3ccccc3)C3C(OC(C)=O)C14OC3(C)COC(=O)c1cccnc1C(C)C(C)C(=O)OC(C(OC(C)=O)C2OC(C)=O)C4(C)O. The number of pyridine rings is 1. The molecule has 2 aromatic rings. The van der Waals surface area contributed by atoms with Gasteiger partial charge >= 0.3 is 41.8 Å². The van der Waals surface area contributed by atoms with Crippen LogP contribution >= 0.6 is 0 Å². The maximum atomic E-state index is 14.5. The number of aliphatic hydroxyl groups is 1. The van der Waals surface area contributed by atoms with Crippen LogP contribution in [0.1, 0.15) is 84.3 Å². The second-order valence-corrected chi connectivity index (χ2v) is 16.5. The fourth-order valence-corrected chi connectivity index (χ4v) is 9.81. The molecule has 0 amide bonds. The Morgan fingerprint density at radius 1 is 0.774 bits per heavy atom. The Balaban J connectivity index is 1.75. The van der Waals surface area contributed by atoms with Gasteiger partial charge in [-0.2, -0.15) is 0 Å². The quantitative estimate of drug-likeness (QED) is 0.205. The molecule has 1 spiro atoms. The molecular formula is C43H51NO18. The van der Waals surface area contributed by atoms with Crippen LogP contribution in [0.5, 0.6) is 5.75 Å². The summed E-state index contributed by atoms with van der Waals surface area (Å²) in [4.78, 5) is 99.5. The van der Waals surface area contributed by atoms with Crippen molar-refractivity contribution in [3.8, 4) is 5.75 Å². The molecule has 1 aromatic heterocycles. The minimum atomic E-state index is -2.78. The van der Waals surface area contributed by atoms with Crippen LogP contribution in [0.2, 0.25) is 0 Å². The lowest BCUT2D eigenvalue weighted by Crippen LogP contribution is -2.89. The van der Waals surface area contributed by atoms with E-state index < -0.39 is 138 Å². The Morgan fingerprint density at radius 3 is 1.97 bits per heavy atom. The first kappa shape index (κ1) is 45.9. The van der Waals surface area contributed by atoms with E-state index in [1.165, 1.54) is 32.2 Å². The van der Waals surface area contributed by atoms with Gasteiger partial charge in [-0.05, 0) is 38.1 Å². The monoisotopic (exact) mass is 869 g/mol. The molecule has 2 aliphatic carbocycles. The second kappa shape index (κ2) is 17.2. The average Bonchev–Trinajstić information content (AvgIpc) is 3.41. The van der Waals surface area contributed by atoms with Gasteiger partial charge in [-0.3, -0.25) is 33.8 Å². The molecule has 19 heteroatoms. The standard InChI is InChI=1S/C43H51NO18/c1-21-22(2)38(50)61-35-33(57-24(4)46)37(60-27(7)49)42(19-53-23(3)45)36(59-26(6)48)32(56-20-55-28-14-11-10-12-15-28)30-34(58-25(5)47)43(42,41(35,9)52)62-40(30,8)18-54-39(51)29-16-13-17-44-31(21)29/h10-17,21-22,30,32-37,52H,18-20H2,1-9H3. The van der Waals surface area contributed by atoms with E-state index in [2.05, 4.69) is 4.98 Å². The molecule has 13 unspecified atom stereocenters. The number of fused-ring (bicyclic) bond motifs is 5. The number of hydrogen-bond donors (Lipinski definition) is 1. The Morgan fingerprint density at radius 2 is 1.37 bits per heavy atom. The smallest absolute Gasteiger partial charge is 0.340 e. The zero-order chi connectivity index (χ0) is 45.5. The van der Waals surface area contributed by atoms with Crippen molar-refractivity contribution in [2.75, 3.05) is 20.0 Å². The van der Waals surface area contributed by atoms with Crippen LogP contribution < -0.4 is 4.74 Å². The molecule has 3 fully saturated rings. The zero-order valence-corrected chi connectivity index (χ0v) is 35.8. The number of hydrogen-bond acceptors (Lipinski definition) is 19. The third-order valence-corrected chi connectivity index (χ3v) is 12.4. The summed E-state index contributed by atoms with van der Waals surface area (Å²) >= 11 is 0. The zero-order valence-electron chi connectivity index (χ0n) is 35.8. The Labute approximate surface area is 356 Å². The van der Waals surface area contributed by atoms with Crippen molar-refractivity contribution >= 4 is 41.8 Å². The normalized spacial score (nSPS) is 36.1. The van der Waals surface area contributed by atoms with Gasteiger partial charge in [-0.1, -0.05) is 32.0 Å². The van der Waals surface area contributed by atoms with Gasteiger partial charge < -0.3 is 52.5 Å². The molecule has 2 saturated carbocycles. The topological polar surface area (TPSA) is 245 Å². The van der Waals surface area contributed by atoms with Gasteiger partial charge in [0.15, 0.2) is 30.7 Å². The van der Waals surface area contributed by atoms with Crippen LogP contribution in [-0.4, -0.2) is 125 Å². The molecule has 1 saturated heterocycles. The van der Waals surface area contributed by atoms with Gasteiger partial charge in [0.2, 0.25) is 0 Å². The number of esters is 7. The van der Waals surface area contributed by atoms with Crippen molar-refractivity contribution in [2.45, 2.75) is 122 Å². The molecule has 4 aliphatic rings. The van der Waals surface area contributed by atoms with Crippen molar-refractivity contribution in [3.05, 3.63) is 59.9 Å². The molecule has 2 aliphatic heterocycles. The van der Waals surface area contributed by atoms with E-state index in [4.69, 9.17) is 47.4 Å².